The molecule has 3 N–H and O–H groups in total. The lowest BCUT2D eigenvalue weighted by Gasteiger charge is -2.29. The van der Waals surface area contributed by atoms with Gasteiger partial charge in [0.2, 0.25) is 0 Å². The first kappa shape index (κ1) is 14.7. The van der Waals surface area contributed by atoms with Crippen LogP contribution in [0.15, 0.2) is 29.3 Å². The van der Waals surface area contributed by atoms with Gasteiger partial charge in [-0.15, -0.1) is 0 Å². The monoisotopic (exact) mass is 276 g/mol. The minimum Gasteiger partial charge on any atom is -0.508 e. The second-order valence-electron chi connectivity index (χ2n) is 5.03. The zero-order chi connectivity index (χ0) is 14.5. The summed E-state index contributed by atoms with van der Waals surface area (Å²) < 4.78 is 0. The van der Waals surface area contributed by atoms with Gasteiger partial charge in [0.25, 0.3) is 0 Å². The van der Waals surface area contributed by atoms with Crippen molar-refractivity contribution in [1.82, 2.24) is 9.80 Å². The van der Waals surface area contributed by atoms with Crippen LogP contribution in [0.25, 0.3) is 0 Å². The number of hydrogen-bond acceptors (Lipinski definition) is 5. The maximum Gasteiger partial charge on any atom is 0.191 e. The van der Waals surface area contributed by atoms with Gasteiger partial charge in [0, 0.05) is 13.1 Å². The highest BCUT2D eigenvalue weighted by Gasteiger charge is 2.27. The van der Waals surface area contributed by atoms with E-state index >= 15 is 0 Å². The minimum atomic E-state index is 0.137. The van der Waals surface area contributed by atoms with E-state index in [1.54, 1.807) is 12.1 Å². The first-order chi connectivity index (χ1) is 9.65. The molecule has 110 valence electrons. The topological polar surface area (TPSA) is 65.1 Å². The number of nitrogens with zero attached hydrogens (tertiary/aromatic N) is 3. The van der Waals surface area contributed by atoms with Gasteiger partial charge in [-0.3, -0.25) is 4.99 Å². The summed E-state index contributed by atoms with van der Waals surface area (Å²) in [7, 11) is 0. The van der Waals surface area contributed by atoms with Crippen molar-refractivity contribution in [3.8, 4) is 5.75 Å². The van der Waals surface area contributed by atoms with Crippen LogP contribution >= 0.6 is 0 Å². The molecule has 2 rings (SSSR count). The smallest absolute Gasteiger partial charge is 0.191 e. The summed E-state index contributed by atoms with van der Waals surface area (Å²) in [6, 6.07) is 7.49. The van der Waals surface area contributed by atoms with E-state index in [-0.39, 0.29) is 11.8 Å². The Kier molecular flexibility index (Phi) is 4.84. The van der Waals surface area contributed by atoms with Gasteiger partial charge in [-0.05, 0) is 30.8 Å². The highest BCUT2D eigenvalue weighted by atomic mass is 16.3. The van der Waals surface area contributed by atoms with Gasteiger partial charge < -0.3 is 20.6 Å². The summed E-state index contributed by atoms with van der Waals surface area (Å²) in [5, 5.41) is 9.62. The summed E-state index contributed by atoms with van der Waals surface area (Å²) in [5.74, 6) is 0.891. The van der Waals surface area contributed by atoms with Gasteiger partial charge >= 0.3 is 0 Å². The molecule has 5 heteroatoms. The first-order valence-electron chi connectivity index (χ1n) is 7.23. The molecule has 0 radical (unpaired) electrons. The molecule has 1 aromatic rings. The molecule has 5 nitrogen and oxygen atoms in total. The number of phenolic OH excluding ortho intramolecular Hbond substituents is 1. The molecule has 1 heterocycles. The molecule has 0 aliphatic carbocycles. The number of hydrogen-bond donors (Lipinski definition) is 2. The maximum atomic E-state index is 9.62. The highest BCUT2D eigenvalue weighted by molar-refractivity contribution is 5.80. The van der Waals surface area contributed by atoms with Crippen molar-refractivity contribution in [3.63, 3.8) is 0 Å². The van der Waals surface area contributed by atoms with Crippen LogP contribution in [-0.2, 0) is 0 Å². The number of aliphatic imine (C=N–C) groups is 1. The van der Waals surface area contributed by atoms with Crippen molar-refractivity contribution in [1.29, 1.82) is 0 Å². The fraction of sp³-hybridized carbons (Fsp3) is 0.533. The average Bonchev–Trinajstić information content (AvgIpc) is 2.81. The van der Waals surface area contributed by atoms with Crippen molar-refractivity contribution < 1.29 is 5.11 Å². The fourth-order valence-corrected chi connectivity index (χ4v) is 2.61. The summed E-state index contributed by atoms with van der Waals surface area (Å²) in [5.41, 5.74) is 7.07. The van der Waals surface area contributed by atoms with Gasteiger partial charge in [0.05, 0.1) is 12.6 Å². The van der Waals surface area contributed by atoms with E-state index in [0.29, 0.717) is 12.5 Å². The van der Waals surface area contributed by atoms with Crippen LogP contribution in [0.5, 0.6) is 5.75 Å². The number of likely N-dealkylation sites (N-methyl/N-ethyl adjacent to an activating group) is 1. The van der Waals surface area contributed by atoms with E-state index in [2.05, 4.69) is 28.6 Å². The summed E-state index contributed by atoms with van der Waals surface area (Å²) in [6.07, 6.45) is 0. The molecule has 0 saturated heterocycles. The summed E-state index contributed by atoms with van der Waals surface area (Å²) in [4.78, 5) is 8.85. The van der Waals surface area contributed by atoms with Crippen LogP contribution in [-0.4, -0.2) is 53.6 Å². The Morgan fingerprint density at radius 1 is 1.40 bits per heavy atom. The molecule has 0 amide bonds. The Hall–Kier alpha value is -1.75. The second kappa shape index (κ2) is 6.61. The molecule has 1 unspecified atom stereocenters. The van der Waals surface area contributed by atoms with E-state index in [1.165, 1.54) is 0 Å². The van der Waals surface area contributed by atoms with Crippen LogP contribution in [0.1, 0.15) is 25.5 Å². The highest BCUT2D eigenvalue weighted by Crippen LogP contribution is 2.27. The van der Waals surface area contributed by atoms with E-state index < -0.39 is 0 Å². The van der Waals surface area contributed by atoms with Crippen molar-refractivity contribution in [2.75, 3.05) is 32.7 Å². The molecule has 0 saturated carbocycles. The SMILES string of the molecule is CCN(CC)CCN1C(N)=NCC1c1cccc(O)c1. The maximum absolute atomic E-state index is 9.62. The molecular formula is C15H24N4O. The van der Waals surface area contributed by atoms with Gasteiger partial charge in [-0.25, -0.2) is 0 Å². The van der Waals surface area contributed by atoms with E-state index in [4.69, 9.17) is 5.73 Å². The summed E-state index contributed by atoms with van der Waals surface area (Å²) in [6.45, 7) is 8.90. The van der Waals surface area contributed by atoms with Crippen LogP contribution in [0.3, 0.4) is 0 Å². The number of rotatable bonds is 6. The molecule has 0 aromatic heterocycles. The number of phenols is 1. The van der Waals surface area contributed by atoms with Crippen LogP contribution in [0.2, 0.25) is 0 Å². The van der Waals surface area contributed by atoms with E-state index in [0.717, 1.165) is 31.7 Å². The van der Waals surface area contributed by atoms with Crippen LogP contribution in [0.4, 0.5) is 0 Å². The third-order valence-corrected chi connectivity index (χ3v) is 3.90. The molecule has 0 fully saturated rings. The zero-order valence-corrected chi connectivity index (χ0v) is 12.3. The molecule has 1 aliphatic rings. The van der Waals surface area contributed by atoms with Crippen LogP contribution in [0, 0.1) is 0 Å². The predicted molar refractivity (Wildman–Crippen MR) is 81.8 cm³/mol. The molecular weight excluding hydrogens is 252 g/mol. The van der Waals surface area contributed by atoms with Crippen LogP contribution < -0.4 is 5.73 Å². The largest absolute Gasteiger partial charge is 0.508 e. The van der Waals surface area contributed by atoms with Gasteiger partial charge in [-0.2, -0.15) is 0 Å². The molecule has 20 heavy (non-hydrogen) atoms. The molecule has 0 spiro atoms. The van der Waals surface area contributed by atoms with Gasteiger partial charge in [-0.1, -0.05) is 26.0 Å². The van der Waals surface area contributed by atoms with Crippen molar-refractivity contribution in [2.45, 2.75) is 19.9 Å². The standard InChI is InChI=1S/C15H24N4O/c1-3-18(4-2)8-9-19-14(11-17-15(19)16)12-6-5-7-13(20)10-12/h5-7,10,14,20H,3-4,8-9,11H2,1-2H3,(H2,16,17). The molecule has 1 aromatic carbocycles. The zero-order valence-electron chi connectivity index (χ0n) is 12.3. The summed E-state index contributed by atoms with van der Waals surface area (Å²) >= 11 is 0. The number of benzene rings is 1. The van der Waals surface area contributed by atoms with Crippen molar-refractivity contribution in [2.24, 2.45) is 10.7 Å². The Morgan fingerprint density at radius 2 is 2.15 bits per heavy atom. The lowest BCUT2D eigenvalue weighted by atomic mass is 10.1. The third-order valence-electron chi connectivity index (χ3n) is 3.90. The fourth-order valence-electron chi connectivity index (χ4n) is 2.61. The molecule has 1 atom stereocenters. The number of aromatic hydroxyl groups is 1. The third kappa shape index (κ3) is 3.22. The minimum absolute atomic E-state index is 0.137. The Labute approximate surface area is 120 Å². The van der Waals surface area contributed by atoms with Crippen molar-refractivity contribution in [3.05, 3.63) is 29.8 Å². The number of nitrogens with two attached hydrogens (primary N) is 1. The Balaban J connectivity index is 2.06. The normalized spacial score (nSPS) is 18.6. The lowest BCUT2D eigenvalue weighted by Crippen LogP contribution is -2.41. The second-order valence-corrected chi connectivity index (χ2v) is 5.03. The number of guanidine groups is 1. The quantitative estimate of drug-likeness (QED) is 0.824. The lowest BCUT2D eigenvalue weighted by molar-refractivity contribution is 0.248. The Morgan fingerprint density at radius 3 is 2.80 bits per heavy atom. The van der Waals surface area contributed by atoms with Crippen molar-refractivity contribution >= 4 is 5.96 Å². The van der Waals surface area contributed by atoms with E-state index in [9.17, 15) is 5.11 Å². The van der Waals surface area contributed by atoms with Gasteiger partial charge in [0.15, 0.2) is 5.96 Å². The molecule has 1 aliphatic heterocycles. The predicted octanol–water partition coefficient (Wildman–Crippen LogP) is 1.41. The van der Waals surface area contributed by atoms with Gasteiger partial charge in [0.1, 0.15) is 5.75 Å². The Bertz CT molecular complexity index is 471. The average molecular weight is 276 g/mol. The molecule has 0 bridgehead atoms. The van der Waals surface area contributed by atoms with E-state index in [1.807, 2.05) is 12.1 Å². The first-order valence-corrected chi connectivity index (χ1v) is 7.23.